The molecule has 1 fully saturated rings. The van der Waals surface area contributed by atoms with E-state index in [9.17, 15) is 19.7 Å². The van der Waals surface area contributed by atoms with Gasteiger partial charge < -0.3 is 20.3 Å². The Labute approximate surface area is 204 Å². The third-order valence-corrected chi connectivity index (χ3v) is 6.48. The van der Waals surface area contributed by atoms with Gasteiger partial charge in [-0.2, -0.15) is 0 Å². The van der Waals surface area contributed by atoms with E-state index in [1.165, 1.54) is 6.07 Å². The van der Waals surface area contributed by atoms with Crippen molar-refractivity contribution in [2.45, 2.75) is 32.4 Å². The summed E-state index contributed by atoms with van der Waals surface area (Å²) in [6, 6.07) is 11.9. The first-order valence-corrected chi connectivity index (χ1v) is 11.8. The monoisotopic (exact) mass is 481 g/mol. The van der Waals surface area contributed by atoms with Gasteiger partial charge >= 0.3 is 0 Å². The fraction of sp³-hybridized carbons (Fsp3) is 0.440. The minimum absolute atomic E-state index is 0.0122. The van der Waals surface area contributed by atoms with E-state index in [0.717, 1.165) is 11.3 Å². The number of ether oxygens (including phenoxy) is 1. The molecule has 2 heterocycles. The Hall–Kier alpha value is -3.66. The SMILES string of the molecule is COc1cccc(NC(=O)[C@H]2Cc3cc([N+](=O)[O-])ccc3N3CCN(CC(=O)NC(C)C)C[C@@H]23)c1. The number of fused-ring (bicyclic) bond motifs is 3. The third kappa shape index (κ3) is 5.54. The first kappa shape index (κ1) is 24.5. The number of methoxy groups -OCH3 is 1. The van der Waals surface area contributed by atoms with Crippen LogP contribution >= 0.6 is 0 Å². The van der Waals surface area contributed by atoms with Crippen LogP contribution in [0.4, 0.5) is 17.1 Å². The van der Waals surface area contributed by atoms with E-state index >= 15 is 0 Å². The number of hydrogen-bond donors (Lipinski definition) is 2. The number of nitro groups is 1. The average molecular weight is 482 g/mol. The van der Waals surface area contributed by atoms with Crippen LogP contribution in [0.5, 0.6) is 5.75 Å². The normalized spacial score (nSPS) is 19.5. The average Bonchev–Trinajstić information content (AvgIpc) is 2.82. The first-order chi connectivity index (χ1) is 16.7. The smallest absolute Gasteiger partial charge is 0.269 e. The van der Waals surface area contributed by atoms with E-state index in [4.69, 9.17) is 4.74 Å². The summed E-state index contributed by atoms with van der Waals surface area (Å²) in [7, 11) is 1.57. The van der Waals surface area contributed by atoms with Gasteiger partial charge in [0.05, 0.1) is 30.5 Å². The number of anilines is 2. The number of amides is 2. The minimum atomic E-state index is -0.452. The standard InChI is InChI=1S/C25H31N5O5/c1-16(2)26-24(31)15-28-9-10-29-22-8-7-19(30(33)34)11-17(22)12-21(23(29)14-28)25(32)27-18-5-4-6-20(13-18)35-3/h4-8,11,13,16,21,23H,9-10,12,14-15H2,1-3H3,(H,26,31)(H,27,32)/t21-,23-/m0/s1. The van der Waals surface area contributed by atoms with Crippen molar-refractivity contribution in [3.05, 3.63) is 58.1 Å². The maximum absolute atomic E-state index is 13.5. The molecule has 2 aromatic carbocycles. The van der Waals surface area contributed by atoms with E-state index in [1.54, 1.807) is 43.5 Å². The van der Waals surface area contributed by atoms with Crippen molar-refractivity contribution < 1.29 is 19.2 Å². The number of carbonyl (C=O) groups excluding carboxylic acids is 2. The number of nitrogens with zero attached hydrogens (tertiary/aromatic N) is 3. The molecule has 186 valence electrons. The molecule has 0 unspecified atom stereocenters. The zero-order valence-electron chi connectivity index (χ0n) is 20.2. The maximum atomic E-state index is 13.5. The van der Waals surface area contributed by atoms with Crippen LogP contribution in [0.15, 0.2) is 42.5 Å². The topological polar surface area (TPSA) is 117 Å². The number of nitrogens with one attached hydrogen (secondary N) is 2. The molecule has 0 aromatic heterocycles. The highest BCUT2D eigenvalue weighted by atomic mass is 16.6. The molecular weight excluding hydrogens is 450 g/mol. The molecule has 0 saturated carbocycles. The van der Waals surface area contributed by atoms with Gasteiger partial charge in [-0.3, -0.25) is 24.6 Å². The Morgan fingerprint density at radius 1 is 1.20 bits per heavy atom. The second-order valence-corrected chi connectivity index (χ2v) is 9.32. The van der Waals surface area contributed by atoms with E-state index in [2.05, 4.69) is 20.4 Å². The summed E-state index contributed by atoms with van der Waals surface area (Å²) in [5, 5.41) is 17.3. The van der Waals surface area contributed by atoms with Gasteiger partial charge in [-0.25, -0.2) is 0 Å². The van der Waals surface area contributed by atoms with Gasteiger partial charge in [-0.15, -0.1) is 0 Å². The number of nitro benzene ring substituents is 1. The number of piperazine rings is 1. The highest BCUT2D eigenvalue weighted by Gasteiger charge is 2.42. The Morgan fingerprint density at radius 3 is 2.71 bits per heavy atom. The van der Waals surface area contributed by atoms with Crippen molar-refractivity contribution in [3.63, 3.8) is 0 Å². The van der Waals surface area contributed by atoms with Crippen LogP contribution in [0.3, 0.4) is 0 Å². The van der Waals surface area contributed by atoms with Crippen LogP contribution in [0.2, 0.25) is 0 Å². The summed E-state index contributed by atoms with van der Waals surface area (Å²) in [5.74, 6) is -0.0303. The first-order valence-electron chi connectivity index (χ1n) is 11.8. The van der Waals surface area contributed by atoms with Crippen molar-refractivity contribution in [3.8, 4) is 5.75 Å². The molecule has 4 rings (SSSR count). The Balaban J connectivity index is 1.60. The molecule has 0 bridgehead atoms. The van der Waals surface area contributed by atoms with Gasteiger partial charge in [0.15, 0.2) is 0 Å². The Bertz CT molecular complexity index is 1120. The predicted molar refractivity (Wildman–Crippen MR) is 133 cm³/mol. The van der Waals surface area contributed by atoms with Crippen molar-refractivity contribution >= 4 is 28.9 Å². The number of hydrogen-bond acceptors (Lipinski definition) is 7. The molecule has 35 heavy (non-hydrogen) atoms. The van der Waals surface area contributed by atoms with Crippen LogP contribution < -0.4 is 20.3 Å². The summed E-state index contributed by atoms with van der Waals surface area (Å²) < 4.78 is 5.26. The van der Waals surface area contributed by atoms with E-state index in [-0.39, 0.29) is 36.1 Å². The zero-order chi connectivity index (χ0) is 25.1. The molecule has 1 saturated heterocycles. The molecule has 2 aliphatic rings. The third-order valence-electron chi connectivity index (χ3n) is 6.48. The fourth-order valence-electron chi connectivity index (χ4n) is 4.93. The van der Waals surface area contributed by atoms with Crippen LogP contribution in [0, 0.1) is 16.0 Å². The lowest BCUT2D eigenvalue weighted by atomic mass is 9.83. The maximum Gasteiger partial charge on any atom is 0.269 e. The molecule has 0 spiro atoms. The van der Waals surface area contributed by atoms with E-state index in [1.807, 2.05) is 13.8 Å². The number of carbonyl (C=O) groups is 2. The molecule has 0 aliphatic carbocycles. The molecule has 2 N–H and O–H groups in total. The van der Waals surface area contributed by atoms with Crippen molar-refractivity contribution in [1.29, 1.82) is 0 Å². The Kier molecular flexibility index (Phi) is 7.20. The van der Waals surface area contributed by atoms with Gasteiger partial charge in [0, 0.05) is 55.2 Å². The largest absolute Gasteiger partial charge is 0.497 e. The van der Waals surface area contributed by atoms with Gasteiger partial charge in [0.2, 0.25) is 11.8 Å². The molecular formula is C25H31N5O5. The lowest BCUT2D eigenvalue weighted by Crippen LogP contribution is -2.61. The van der Waals surface area contributed by atoms with Gasteiger partial charge in [-0.1, -0.05) is 6.07 Å². The summed E-state index contributed by atoms with van der Waals surface area (Å²) in [5.41, 5.74) is 2.33. The van der Waals surface area contributed by atoms with Crippen LogP contribution in [0.1, 0.15) is 19.4 Å². The fourth-order valence-corrected chi connectivity index (χ4v) is 4.93. The summed E-state index contributed by atoms with van der Waals surface area (Å²) in [6.45, 7) is 5.92. The minimum Gasteiger partial charge on any atom is -0.497 e. The second-order valence-electron chi connectivity index (χ2n) is 9.32. The van der Waals surface area contributed by atoms with Crippen molar-refractivity contribution in [2.75, 3.05) is 43.5 Å². The lowest BCUT2D eigenvalue weighted by molar-refractivity contribution is -0.384. The zero-order valence-corrected chi connectivity index (χ0v) is 20.2. The molecule has 2 amide bonds. The van der Waals surface area contributed by atoms with E-state index in [0.29, 0.717) is 37.5 Å². The second kappa shape index (κ2) is 10.3. The van der Waals surface area contributed by atoms with Gasteiger partial charge in [-0.05, 0) is 44.0 Å². The molecule has 2 aromatic rings. The molecule has 2 aliphatic heterocycles. The highest BCUT2D eigenvalue weighted by Crippen LogP contribution is 2.38. The van der Waals surface area contributed by atoms with E-state index < -0.39 is 10.8 Å². The van der Waals surface area contributed by atoms with Gasteiger partial charge in [0.1, 0.15) is 5.75 Å². The molecule has 2 atom stereocenters. The Morgan fingerprint density at radius 2 is 2.00 bits per heavy atom. The highest BCUT2D eigenvalue weighted by molar-refractivity contribution is 5.94. The predicted octanol–water partition coefficient (Wildman–Crippen LogP) is 2.43. The van der Waals surface area contributed by atoms with Crippen LogP contribution in [-0.4, -0.2) is 67.0 Å². The van der Waals surface area contributed by atoms with Crippen LogP contribution in [-0.2, 0) is 16.0 Å². The number of benzene rings is 2. The number of rotatable bonds is 7. The molecule has 10 heteroatoms. The summed E-state index contributed by atoms with van der Waals surface area (Å²) >= 11 is 0. The number of non-ortho nitro benzene ring substituents is 1. The van der Waals surface area contributed by atoms with Gasteiger partial charge in [0.25, 0.3) is 5.69 Å². The lowest BCUT2D eigenvalue weighted by Gasteiger charge is -2.49. The molecule has 10 nitrogen and oxygen atoms in total. The van der Waals surface area contributed by atoms with Crippen LogP contribution in [0.25, 0.3) is 0 Å². The van der Waals surface area contributed by atoms with Crippen molar-refractivity contribution in [1.82, 2.24) is 10.2 Å². The van der Waals surface area contributed by atoms with Crippen molar-refractivity contribution in [2.24, 2.45) is 5.92 Å². The quantitative estimate of drug-likeness (QED) is 0.461. The molecule has 0 radical (unpaired) electrons. The summed E-state index contributed by atoms with van der Waals surface area (Å²) in [6.07, 6.45) is 0.375. The summed E-state index contributed by atoms with van der Waals surface area (Å²) in [4.78, 5) is 41.1.